The van der Waals surface area contributed by atoms with Gasteiger partial charge in [-0.05, 0) is 47.2 Å². The maximum atomic E-state index is 14.9. The second kappa shape index (κ2) is 8.97. The van der Waals surface area contributed by atoms with Crippen LogP contribution in [0.5, 0.6) is 5.88 Å². The SMILES string of the molecule is CNc1cc2cc(=O)n(-c3ccc(NC(=O)NS(=O)(=O)c4cccs4)cc3F)c(O)c2cc1Cl. The molecule has 176 valence electrons. The smallest absolute Gasteiger partial charge is 0.333 e. The summed E-state index contributed by atoms with van der Waals surface area (Å²) in [6.45, 7) is 0. The number of hydrogen-bond acceptors (Lipinski definition) is 7. The molecular formula is C21H16ClFN4O5S2. The molecule has 0 atom stereocenters. The predicted octanol–water partition coefficient (Wildman–Crippen LogP) is 4.10. The van der Waals surface area contributed by atoms with Crippen molar-refractivity contribution in [3.8, 4) is 11.6 Å². The van der Waals surface area contributed by atoms with Gasteiger partial charge >= 0.3 is 6.03 Å². The predicted molar refractivity (Wildman–Crippen MR) is 129 cm³/mol. The zero-order valence-electron chi connectivity index (χ0n) is 17.3. The van der Waals surface area contributed by atoms with Gasteiger partial charge in [0.2, 0.25) is 5.88 Å². The van der Waals surface area contributed by atoms with Crippen molar-refractivity contribution in [3.63, 3.8) is 0 Å². The van der Waals surface area contributed by atoms with Crippen molar-refractivity contribution in [2.75, 3.05) is 17.7 Å². The molecule has 2 aromatic carbocycles. The molecule has 0 aliphatic rings. The monoisotopic (exact) mass is 522 g/mol. The summed E-state index contributed by atoms with van der Waals surface area (Å²) < 4.78 is 41.7. The molecule has 0 saturated carbocycles. The Balaban J connectivity index is 1.65. The third-order valence-electron chi connectivity index (χ3n) is 4.79. The number of rotatable bonds is 5. The van der Waals surface area contributed by atoms with E-state index >= 15 is 0 Å². The highest BCUT2D eigenvalue weighted by Crippen LogP contribution is 2.33. The Morgan fingerprint density at radius 2 is 1.94 bits per heavy atom. The Kier molecular flexibility index (Phi) is 6.21. The molecule has 13 heteroatoms. The number of carbonyl (C=O) groups excluding carboxylic acids is 1. The molecule has 0 aliphatic heterocycles. The highest BCUT2D eigenvalue weighted by molar-refractivity contribution is 7.92. The van der Waals surface area contributed by atoms with Crippen LogP contribution in [0.3, 0.4) is 0 Å². The van der Waals surface area contributed by atoms with E-state index in [0.717, 1.165) is 28.0 Å². The van der Waals surface area contributed by atoms with Crippen LogP contribution in [0, 0.1) is 5.82 Å². The van der Waals surface area contributed by atoms with Gasteiger partial charge in [0.25, 0.3) is 15.6 Å². The van der Waals surface area contributed by atoms with Gasteiger partial charge in [0.05, 0.1) is 16.4 Å². The lowest BCUT2D eigenvalue weighted by molar-refractivity contribution is 0.256. The van der Waals surface area contributed by atoms with Gasteiger partial charge in [-0.25, -0.2) is 26.9 Å². The first-order valence-corrected chi connectivity index (χ1v) is 12.3. The van der Waals surface area contributed by atoms with Gasteiger partial charge in [0, 0.05) is 24.2 Å². The highest BCUT2D eigenvalue weighted by Gasteiger charge is 2.20. The summed E-state index contributed by atoms with van der Waals surface area (Å²) in [6, 6.07) is 9.30. The zero-order valence-corrected chi connectivity index (χ0v) is 19.7. The van der Waals surface area contributed by atoms with Crippen LogP contribution in [0.2, 0.25) is 5.02 Å². The van der Waals surface area contributed by atoms with Gasteiger partial charge in [0.15, 0.2) is 0 Å². The van der Waals surface area contributed by atoms with Crippen molar-refractivity contribution in [1.29, 1.82) is 0 Å². The fourth-order valence-corrected chi connectivity index (χ4v) is 5.42. The average molecular weight is 523 g/mol. The third-order valence-corrected chi connectivity index (χ3v) is 7.84. The van der Waals surface area contributed by atoms with Crippen molar-refractivity contribution >= 4 is 61.1 Å². The van der Waals surface area contributed by atoms with E-state index in [0.29, 0.717) is 16.1 Å². The highest BCUT2D eigenvalue weighted by atomic mass is 35.5. The normalized spacial score (nSPS) is 11.4. The number of anilines is 2. The van der Waals surface area contributed by atoms with Crippen LogP contribution in [0.25, 0.3) is 16.5 Å². The number of halogens is 2. The zero-order chi connectivity index (χ0) is 24.6. The van der Waals surface area contributed by atoms with E-state index in [2.05, 4.69) is 10.6 Å². The fraction of sp³-hybridized carbons (Fsp3) is 0.0476. The first-order chi connectivity index (χ1) is 16.1. The minimum atomic E-state index is -4.07. The summed E-state index contributed by atoms with van der Waals surface area (Å²) in [4.78, 5) is 24.8. The van der Waals surface area contributed by atoms with E-state index in [4.69, 9.17) is 11.6 Å². The number of nitrogens with zero attached hydrogens (tertiary/aromatic N) is 1. The summed E-state index contributed by atoms with van der Waals surface area (Å²) in [6.07, 6.45) is 0. The molecule has 2 amide bonds. The Morgan fingerprint density at radius 1 is 1.18 bits per heavy atom. The molecular weight excluding hydrogens is 507 g/mol. The van der Waals surface area contributed by atoms with Gasteiger partial charge in [-0.1, -0.05) is 17.7 Å². The maximum absolute atomic E-state index is 14.9. The van der Waals surface area contributed by atoms with Crippen molar-refractivity contribution in [1.82, 2.24) is 9.29 Å². The minimum absolute atomic E-state index is 0.0581. The number of nitrogens with one attached hydrogen (secondary N) is 3. The first-order valence-electron chi connectivity index (χ1n) is 9.54. The molecule has 0 fully saturated rings. The number of urea groups is 1. The first kappa shape index (κ1) is 23.5. The summed E-state index contributed by atoms with van der Waals surface area (Å²) in [5, 5.41) is 18.2. The van der Waals surface area contributed by atoms with Crippen molar-refractivity contribution in [3.05, 3.63) is 75.1 Å². The molecule has 0 bridgehead atoms. The van der Waals surface area contributed by atoms with Crippen LogP contribution in [0.1, 0.15) is 0 Å². The van der Waals surface area contributed by atoms with E-state index in [-0.39, 0.29) is 21.0 Å². The Labute approximate surface area is 201 Å². The maximum Gasteiger partial charge on any atom is 0.333 e. The lowest BCUT2D eigenvalue weighted by atomic mass is 10.1. The van der Waals surface area contributed by atoms with Gasteiger partial charge < -0.3 is 15.7 Å². The van der Waals surface area contributed by atoms with Crippen molar-refractivity contribution in [2.45, 2.75) is 4.21 Å². The number of aromatic hydroxyl groups is 1. The lowest BCUT2D eigenvalue weighted by Crippen LogP contribution is -2.34. The van der Waals surface area contributed by atoms with Crippen LogP contribution in [-0.2, 0) is 10.0 Å². The largest absolute Gasteiger partial charge is 0.494 e. The molecule has 2 heterocycles. The molecule has 0 saturated heterocycles. The number of carbonyl (C=O) groups is 1. The van der Waals surface area contributed by atoms with E-state index < -0.39 is 33.3 Å². The lowest BCUT2D eigenvalue weighted by Gasteiger charge is -2.14. The molecule has 0 aliphatic carbocycles. The molecule has 0 unspecified atom stereocenters. The van der Waals surface area contributed by atoms with Crippen molar-refractivity contribution in [2.24, 2.45) is 0 Å². The minimum Gasteiger partial charge on any atom is -0.494 e. The summed E-state index contributed by atoms with van der Waals surface area (Å²) in [5.74, 6) is -1.47. The van der Waals surface area contributed by atoms with E-state index in [1.54, 1.807) is 13.1 Å². The van der Waals surface area contributed by atoms with Crippen LogP contribution in [0.15, 0.2) is 62.9 Å². The Morgan fingerprint density at radius 3 is 2.59 bits per heavy atom. The van der Waals surface area contributed by atoms with Gasteiger partial charge in [-0.3, -0.25) is 4.79 Å². The molecule has 4 rings (SSSR count). The second-order valence-electron chi connectivity index (χ2n) is 6.97. The molecule has 34 heavy (non-hydrogen) atoms. The Hall–Kier alpha value is -3.61. The van der Waals surface area contributed by atoms with Gasteiger partial charge in [0.1, 0.15) is 10.0 Å². The van der Waals surface area contributed by atoms with E-state index in [1.807, 2.05) is 4.72 Å². The standard InChI is InChI=1S/C21H16ClFN4O5S2/c1-24-16-7-11-8-18(28)27(20(29)13(11)10-14(16)22)17-5-4-12(9-15(17)23)25-21(30)26-34(31,32)19-3-2-6-33-19/h2-10,24,29H,1H3,(H2,25,26,30). The van der Waals surface area contributed by atoms with Crippen molar-refractivity contribution < 1.29 is 22.7 Å². The van der Waals surface area contributed by atoms with Crippen LogP contribution >= 0.6 is 22.9 Å². The Bertz CT molecular complexity index is 1590. The average Bonchev–Trinajstić information content (AvgIpc) is 3.31. The van der Waals surface area contributed by atoms with Crippen LogP contribution < -0.4 is 20.9 Å². The number of amides is 2. The number of thiophene rings is 1. The van der Waals surface area contributed by atoms with Crippen LogP contribution in [0.4, 0.5) is 20.6 Å². The molecule has 0 spiro atoms. The number of pyridine rings is 1. The molecule has 4 N–H and O–H groups in total. The fourth-order valence-electron chi connectivity index (χ4n) is 3.26. The number of fused-ring (bicyclic) bond motifs is 1. The number of hydrogen-bond donors (Lipinski definition) is 4. The molecule has 0 radical (unpaired) electrons. The number of sulfonamides is 1. The van der Waals surface area contributed by atoms with E-state index in [9.17, 15) is 27.5 Å². The summed E-state index contributed by atoms with van der Waals surface area (Å²) in [5.41, 5.74) is -0.508. The summed E-state index contributed by atoms with van der Waals surface area (Å²) >= 11 is 7.10. The van der Waals surface area contributed by atoms with Gasteiger partial charge in [-0.2, -0.15) is 0 Å². The second-order valence-corrected chi connectivity index (χ2v) is 10.2. The van der Waals surface area contributed by atoms with Crippen LogP contribution in [-0.4, -0.2) is 31.2 Å². The quantitative estimate of drug-likeness (QED) is 0.312. The topological polar surface area (TPSA) is 130 Å². The summed E-state index contributed by atoms with van der Waals surface area (Å²) in [7, 11) is -2.42. The third kappa shape index (κ3) is 4.42. The number of benzene rings is 2. The van der Waals surface area contributed by atoms with Gasteiger partial charge in [-0.15, -0.1) is 11.3 Å². The molecule has 4 aromatic rings. The number of aromatic nitrogens is 1. The molecule has 9 nitrogen and oxygen atoms in total. The van der Waals surface area contributed by atoms with E-state index in [1.165, 1.54) is 35.7 Å². The molecule has 2 aromatic heterocycles.